The fraction of sp³-hybridized carbons (Fsp3) is 0.602. The molecule has 6 aliphatic rings. The minimum absolute atomic E-state index is 0.0148. The number of carboxylic acids is 1. The topological polar surface area (TPSA) is 353 Å². The maximum Gasteiger partial charge on any atom is 0.338 e. The molecule has 0 aromatic heterocycles. The first-order chi connectivity index (χ1) is 68.8. The molecule has 0 saturated heterocycles. The first-order valence-corrected chi connectivity index (χ1v) is 55.7. The molecular weight excluding hydrogens is 1840 g/mol. The van der Waals surface area contributed by atoms with Crippen molar-refractivity contribution >= 4 is 62.2 Å². The van der Waals surface area contributed by atoms with Gasteiger partial charge in [0.2, 0.25) is 0 Å². The van der Waals surface area contributed by atoms with Crippen molar-refractivity contribution in [2.24, 2.45) is 46.6 Å². The fourth-order valence-corrected chi connectivity index (χ4v) is 22.6. The Balaban J connectivity index is 0.000000201. The van der Waals surface area contributed by atoms with Gasteiger partial charge in [0, 0.05) is 55.4 Å². The number of benzene rings is 7. The Morgan fingerprint density at radius 2 is 0.979 bits per heavy atom. The zero-order valence-electron chi connectivity index (χ0n) is 89.0. The van der Waals surface area contributed by atoms with Crippen LogP contribution in [0.2, 0.25) is 0 Å². The number of anilines is 1. The van der Waals surface area contributed by atoms with Gasteiger partial charge in [-0.3, -0.25) is 28.8 Å². The van der Waals surface area contributed by atoms with Crippen molar-refractivity contribution in [3.63, 3.8) is 0 Å². The third-order valence-electron chi connectivity index (χ3n) is 28.4. The van der Waals surface area contributed by atoms with Crippen LogP contribution in [0.25, 0.3) is 16.8 Å². The molecule has 796 valence electrons. The fourth-order valence-electron chi connectivity index (χ4n) is 21.3. The second-order valence-electron chi connectivity index (χ2n) is 43.1. The molecular formula is C118H176F2N10O13S. The van der Waals surface area contributed by atoms with Gasteiger partial charge in [0.05, 0.1) is 59.3 Å². The smallest absolute Gasteiger partial charge is 0.338 e. The number of fused-ring (bicyclic) bond motifs is 3. The molecule has 144 heavy (non-hydrogen) atoms. The molecule has 4 saturated carbocycles. The second-order valence-corrected chi connectivity index (χ2v) is 44.7. The number of rotatable bonds is 45. The van der Waals surface area contributed by atoms with Crippen LogP contribution in [0.5, 0.6) is 0 Å². The zero-order chi connectivity index (χ0) is 104. The Morgan fingerprint density at radius 3 is 1.51 bits per heavy atom. The van der Waals surface area contributed by atoms with E-state index in [9.17, 15) is 46.3 Å². The number of halogens is 2. The first kappa shape index (κ1) is 119. The molecule has 0 radical (unpaired) electrons. The van der Waals surface area contributed by atoms with Crippen molar-refractivity contribution in [3.05, 3.63) is 219 Å². The standard InChI is InChI=1S/C27H36N2O5S.C24H34N2O2.C23H37FN2O2.C22H35FN2O2.C22H34N2O2/c1-4-29(18-19-34-20(2)3)17-9-12-22-11-6-8-14-25(22)35(32,33)28-24-16-15-21-10-5-7-13-23(21)26(24)27(30)31;1-17(2)28-23(22(25)15-18-9-4-3-5-10-18)24(27)26-16-20-13-8-12-19-11-6-7-14-21(19)20;1-16(2)28-21(20(25)14-17-8-6-5-7-9-17)22(27)26-23(3,4)15-18-10-12-19(24)13-11-18;1-15(2)27-21(20(24)14-17-9-5-4-6-10-17)22(26)25-16(3)13-18-11-7-8-12-19(18)23;1-15(2)26-21(19(23)14-16-8-4-3-5-9-16)22(25)24-20-13-12-17-10-6-7-11-18(17)20/h6,8-9,11-12,14-16,20,28H,4-5,7,10,13,17-19H2,1-3H3,(H,30,31);6-8,11-14,17-18,22-23H,3-5,9-10,15-16,25H2,1-2H3,(H,26,27);10-13,16-17,20-21H,5-9,14-15,25H2,1-4H3,(H,26,27);7-8,11-12,15-17,20-21H,4-6,9-10,13-14,24H2,1-3H3,(H,25,26);6-7,10-11,15-16,19-21H,3-5,8-9,12-14,23H2,1-2H3,(H,24,25)/b12-9-;;;;/t;22-,23?;20-,21?;16?,20-,21?;19-,20?,21?/m.1111/s1. The van der Waals surface area contributed by atoms with Gasteiger partial charge in [-0.05, 0) is 283 Å². The first-order valence-electron chi connectivity index (χ1n) is 54.2. The van der Waals surface area contributed by atoms with E-state index in [0.717, 1.165) is 98.5 Å². The molecule has 0 bridgehead atoms. The van der Waals surface area contributed by atoms with Gasteiger partial charge in [-0.1, -0.05) is 269 Å². The number of hydrogen-bond donors (Lipinski definition) is 10. The lowest BCUT2D eigenvalue weighted by atomic mass is 9.83. The largest absolute Gasteiger partial charge is 0.478 e. The Bertz CT molecular complexity index is 5160. The van der Waals surface area contributed by atoms with Crippen LogP contribution in [0.1, 0.15) is 331 Å². The summed E-state index contributed by atoms with van der Waals surface area (Å²) in [6.45, 7) is 30.9. The highest BCUT2D eigenvalue weighted by Gasteiger charge is 2.38. The molecule has 14 N–H and O–H groups in total. The third-order valence-corrected chi connectivity index (χ3v) is 29.9. The lowest BCUT2D eigenvalue weighted by Gasteiger charge is -2.33. The number of nitrogens with one attached hydrogen (secondary N) is 5. The summed E-state index contributed by atoms with van der Waals surface area (Å²) >= 11 is 0. The second kappa shape index (κ2) is 61.2. The Hall–Kier alpha value is -8.90. The predicted octanol–water partition coefficient (Wildman–Crippen LogP) is 21.6. The van der Waals surface area contributed by atoms with Crippen LogP contribution >= 0.6 is 0 Å². The molecule has 4 fully saturated rings. The molecule has 26 heteroatoms. The molecule has 0 spiro atoms. The molecule has 6 aliphatic carbocycles. The Morgan fingerprint density at radius 1 is 0.500 bits per heavy atom. The minimum atomic E-state index is -4.00. The summed E-state index contributed by atoms with van der Waals surface area (Å²) in [4.78, 5) is 66.2. The highest BCUT2D eigenvalue weighted by molar-refractivity contribution is 7.92. The van der Waals surface area contributed by atoms with Gasteiger partial charge >= 0.3 is 5.97 Å². The molecule has 6 unspecified atom stereocenters. The number of nitrogens with two attached hydrogens (primary N) is 4. The molecule has 4 amide bonds. The van der Waals surface area contributed by atoms with Crippen LogP contribution in [0.4, 0.5) is 14.5 Å². The van der Waals surface area contributed by atoms with Crippen molar-refractivity contribution in [2.45, 2.75) is 411 Å². The van der Waals surface area contributed by atoms with Crippen LogP contribution in [0.3, 0.4) is 0 Å². The van der Waals surface area contributed by atoms with E-state index >= 15 is 0 Å². The van der Waals surface area contributed by atoms with E-state index < -0.39 is 45.9 Å². The van der Waals surface area contributed by atoms with Gasteiger partial charge in [-0.2, -0.15) is 0 Å². The molecule has 0 aliphatic heterocycles. The maximum atomic E-state index is 13.8. The lowest BCUT2D eigenvalue weighted by molar-refractivity contribution is -0.139. The predicted molar refractivity (Wildman–Crippen MR) is 578 cm³/mol. The summed E-state index contributed by atoms with van der Waals surface area (Å²) in [7, 11) is -4.00. The highest BCUT2D eigenvalue weighted by Crippen LogP contribution is 2.37. The van der Waals surface area contributed by atoms with Gasteiger partial charge in [0.1, 0.15) is 11.6 Å². The van der Waals surface area contributed by atoms with Gasteiger partial charge < -0.3 is 73.0 Å². The summed E-state index contributed by atoms with van der Waals surface area (Å²) in [6, 6.07) is 44.7. The van der Waals surface area contributed by atoms with E-state index in [1.807, 2.05) is 126 Å². The van der Waals surface area contributed by atoms with Crippen LogP contribution in [0, 0.1) is 35.3 Å². The van der Waals surface area contributed by atoms with Crippen LogP contribution < -0.4 is 48.9 Å². The van der Waals surface area contributed by atoms with E-state index in [0.29, 0.717) is 73.8 Å². The average molecular weight is 2010 g/mol. The zero-order valence-corrected chi connectivity index (χ0v) is 89.8. The maximum absolute atomic E-state index is 13.8. The summed E-state index contributed by atoms with van der Waals surface area (Å²) in [5.74, 6) is 0.277. The number of carboxylic acid groups (broad SMARTS) is 1. The van der Waals surface area contributed by atoms with Crippen molar-refractivity contribution in [1.29, 1.82) is 0 Å². The van der Waals surface area contributed by atoms with E-state index in [4.69, 9.17) is 46.6 Å². The average Bonchev–Trinajstić information content (AvgIpc) is 1.02. The molecule has 0 heterocycles. The third kappa shape index (κ3) is 40.3. The summed E-state index contributed by atoms with van der Waals surface area (Å²) < 4.78 is 85.6. The van der Waals surface area contributed by atoms with E-state index in [2.05, 4.69) is 80.3 Å². The van der Waals surface area contributed by atoms with E-state index in [1.54, 1.807) is 60.7 Å². The number of aryl methyl sites for hydroxylation is 2. The minimum Gasteiger partial charge on any atom is -0.478 e. The summed E-state index contributed by atoms with van der Waals surface area (Å²) in [5, 5.41) is 24.6. The Kier molecular flexibility index (Phi) is 50.4. The number of amides is 4. The number of aromatic carboxylic acids is 1. The van der Waals surface area contributed by atoms with Crippen molar-refractivity contribution < 1.29 is 70.0 Å². The van der Waals surface area contributed by atoms with Crippen LogP contribution in [-0.2, 0) is 91.5 Å². The monoisotopic (exact) mass is 2010 g/mol. The number of carbonyl (C=O) groups is 5. The SMILES string of the molecule is CC(C)OC(C(=O)NC(C)(C)Cc1ccc(F)cc1)[C@H](N)CC1CCCCC1.CC(C)OC(C(=O)NC1CCc2ccccc21)[C@H](N)CC1CCCCC1.CC(C)OC(C(=O)NCc1cccc2ccccc12)[C@H](N)CC1CCCCC1.CC(Cc1ccccc1F)NC(=O)C(OC(C)C)[C@H](N)CC1CCCCC1.CCN(C/C=C\c1ccccc1S(=O)(=O)Nc1ccc2c(c1C(=O)O)CCCC2)CCOC(C)C. The number of ether oxygens (including phenoxy) is 5. The molecule has 7 aromatic rings. The van der Waals surface area contributed by atoms with Crippen molar-refractivity contribution in [1.82, 2.24) is 26.2 Å². The highest BCUT2D eigenvalue weighted by atomic mass is 32.2. The van der Waals surface area contributed by atoms with Gasteiger partial charge in [0.25, 0.3) is 33.7 Å². The molecule has 13 rings (SSSR count). The summed E-state index contributed by atoms with van der Waals surface area (Å²) in [5.41, 5.74) is 33.0. The van der Waals surface area contributed by atoms with Gasteiger partial charge in [-0.25, -0.2) is 22.0 Å². The van der Waals surface area contributed by atoms with E-state index in [1.165, 1.54) is 169 Å². The number of likely N-dealkylation sites (N-methyl/N-ethyl adjacent to an activating group) is 1. The van der Waals surface area contributed by atoms with Crippen molar-refractivity contribution in [3.8, 4) is 0 Å². The van der Waals surface area contributed by atoms with Gasteiger partial charge in [-0.15, -0.1) is 0 Å². The molecule has 23 nitrogen and oxygen atoms in total. The number of sulfonamides is 1. The number of carbonyl (C=O) groups excluding carboxylic acids is 4. The quantitative estimate of drug-likeness (QED) is 0.0169. The summed E-state index contributed by atoms with van der Waals surface area (Å²) in [6.07, 6.45) is 36.0. The molecule has 7 aromatic carbocycles. The van der Waals surface area contributed by atoms with Crippen molar-refractivity contribution in [2.75, 3.05) is 31.0 Å². The number of nitrogens with zero attached hydrogens (tertiary/aromatic N) is 1. The van der Waals surface area contributed by atoms with Crippen LogP contribution in [-0.4, -0.2) is 165 Å². The van der Waals surface area contributed by atoms with Crippen LogP contribution in [0.15, 0.2) is 163 Å². The number of hydrogen-bond acceptors (Lipinski definition) is 17. The lowest BCUT2D eigenvalue weighted by Crippen LogP contribution is -2.55. The Labute approximate surface area is 860 Å². The van der Waals surface area contributed by atoms with Gasteiger partial charge in [0.15, 0.2) is 24.4 Å². The van der Waals surface area contributed by atoms with E-state index in [-0.39, 0.29) is 118 Å². The molecule has 10 atom stereocenters. The normalized spacial score (nSPS) is 18.0.